The highest BCUT2D eigenvalue weighted by Gasteiger charge is 2.40. The van der Waals surface area contributed by atoms with Crippen molar-refractivity contribution in [2.24, 2.45) is 0 Å². The van der Waals surface area contributed by atoms with Crippen LogP contribution in [-0.4, -0.2) is 33.7 Å². The standard InChI is InChI=1S/C10H10N4O3/c1-10(15)5-13(6-10)9-8(14(16)17)2-7(3-11)4-12-9/h2,4,15H,5-6H2,1H3. The van der Waals surface area contributed by atoms with Gasteiger partial charge in [0.15, 0.2) is 0 Å². The largest absolute Gasteiger partial charge is 0.386 e. The molecule has 0 atom stereocenters. The van der Waals surface area contributed by atoms with Gasteiger partial charge in [-0.2, -0.15) is 5.26 Å². The molecule has 0 bridgehead atoms. The van der Waals surface area contributed by atoms with E-state index in [0.29, 0.717) is 13.1 Å². The molecule has 88 valence electrons. The third-order valence-corrected chi connectivity index (χ3v) is 2.54. The molecule has 2 heterocycles. The van der Waals surface area contributed by atoms with Gasteiger partial charge in [-0.05, 0) is 6.92 Å². The topological polar surface area (TPSA) is 103 Å². The maximum Gasteiger partial charge on any atom is 0.312 e. The summed E-state index contributed by atoms with van der Waals surface area (Å²) in [7, 11) is 0. The fourth-order valence-electron chi connectivity index (χ4n) is 1.81. The number of aromatic nitrogens is 1. The third kappa shape index (κ3) is 2.03. The molecule has 2 rings (SSSR count). The second-order valence-electron chi connectivity index (χ2n) is 4.29. The van der Waals surface area contributed by atoms with E-state index in [2.05, 4.69) is 4.98 Å². The Morgan fingerprint density at radius 2 is 2.35 bits per heavy atom. The van der Waals surface area contributed by atoms with Crippen LogP contribution < -0.4 is 4.90 Å². The van der Waals surface area contributed by atoms with Gasteiger partial charge in [-0.3, -0.25) is 10.1 Å². The molecule has 0 unspecified atom stereocenters. The Bertz CT molecular complexity index is 513. The van der Waals surface area contributed by atoms with Crippen molar-refractivity contribution in [2.75, 3.05) is 18.0 Å². The fraction of sp³-hybridized carbons (Fsp3) is 0.400. The number of hydrogen-bond acceptors (Lipinski definition) is 6. The molecule has 0 spiro atoms. The number of nitriles is 1. The van der Waals surface area contributed by atoms with E-state index in [4.69, 9.17) is 5.26 Å². The van der Waals surface area contributed by atoms with Crippen LogP contribution in [0.5, 0.6) is 0 Å². The lowest BCUT2D eigenvalue weighted by Crippen LogP contribution is -2.60. The molecule has 7 nitrogen and oxygen atoms in total. The maximum absolute atomic E-state index is 10.9. The summed E-state index contributed by atoms with van der Waals surface area (Å²) in [6.07, 6.45) is 1.29. The van der Waals surface area contributed by atoms with E-state index in [0.717, 1.165) is 0 Å². The summed E-state index contributed by atoms with van der Waals surface area (Å²) in [5.74, 6) is 0.195. The SMILES string of the molecule is CC1(O)CN(c2ncc(C#N)cc2[N+](=O)[O-])C1. The monoisotopic (exact) mass is 234 g/mol. The van der Waals surface area contributed by atoms with E-state index in [-0.39, 0.29) is 17.1 Å². The van der Waals surface area contributed by atoms with Crippen molar-refractivity contribution in [2.45, 2.75) is 12.5 Å². The summed E-state index contributed by atoms with van der Waals surface area (Å²) in [4.78, 5) is 15.8. The quantitative estimate of drug-likeness (QED) is 0.588. The van der Waals surface area contributed by atoms with Crippen LogP contribution in [0.25, 0.3) is 0 Å². The first-order chi connectivity index (χ1) is 7.93. The van der Waals surface area contributed by atoms with Crippen molar-refractivity contribution in [3.05, 3.63) is 27.9 Å². The molecule has 0 aromatic carbocycles. The zero-order valence-corrected chi connectivity index (χ0v) is 9.12. The van der Waals surface area contributed by atoms with E-state index < -0.39 is 10.5 Å². The maximum atomic E-state index is 10.9. The van der Waals surface area contributed by atoms with Crippen LogP contribution in [0.15, 0.2) is 12.3 Å². The van der Waals surface area contributed by atoms with Crippen LogP contribution >= 0.6 is 0 Å². The summed E-state index contributed by atoms with van der Waals surface area (Å²) in [6, 6.07) is 3.00. The van der Waals surface area contributed by atoms with Gasteiger partial charge < -0.3 is 10.0 Å². The molecule has 17 heavy (non-hydrogen) atoms. The summed E-state index contributed by atoms with van der Waals surface area (Å²) >= 11 is 0. The van der Waals surface area contributed by atoms with Crippen LogP contribution in [0.4, 0.5) is 11.5 Å². The van der Waals surface area contributed by atoms with E-state index in [1.54, 1.807) is 17.9 Å². The van der Waals surface area contributed by atoms with Crippen molar-refractivity contribution in [1.82, 2.24) is 4.98 Å². The van der Waals surface area contributed by atoms with Gasteiger partial charge in [0, 0.05) is 25.4 Å². The molecule has 0 aliphatic carbocycles. The molecule has 1 aromatic heterocycles. The number of nitro groups is 1. The molecule has 0 amide bonds. The average Bonchev–Trinajstić information content (AvgIpc) is 2.24. The number of β-amino-alcohol motifs (C(OH)–C–C–N with tert-alkyl or cyclic N) is 1. The smallest absolute Gasteiger partial charge is 0.312 e. The second kappa shape index (κ2) is 3.68. The Labute approximate surface area is 97.1 Å². The molecule has 1 N–H and O–H groups in total. The highest BCUT2D eigenvalue weighted by atomic mass is 16.6. The van der Waals surface area contributed by atoms with Gasteiger partial charge in [-0.1, -0.05) is 0 Å². The lowest BCUT2D eigenvalue weighted by molar-refractivity contribution is -0.384. The summed E-state index contributed by atoms with van der Waals surface area (Å²) < 4.78 is 0. The molecule has 7 heteroatoms. The number of nitrogens with zero attached hydrogens (tertiary/aromatic N) is 4. The average molecular weight is 234 g/mol. The molecular formula is C10H10N4O3. The lowest BCUT2D eigenvalue weighted by Gasteiger charge is -2.44. The Morgan fingerprint density at radius 3 is 2.82 bits per heavy atom. The summed E-state index contributed by atoms with van der Waals surface area (Å²) in [6.45, 7) is 2.25. The van der Waals surface area contributed by atoms with Gasteiger partial charge in [-0.15, -0.1) is 0 Å². The number of pyridine rings is 1. The zero-order valence-electron chi connectivity index (χ0n) is 9.12. The molecule has 0 saturated carbocycles. The second-order valence-corrected chi connectivity index (χ2v) is 4.29. The van der Waals surface area contributed by atoms with E-state index in [1.807, 2.05) is 0 Å². The van der Waals surface area contributed by atoms with E-state index in [1.165, 1.54) is 12.3 Å². The van der Waals surface area contributed by atoms with Gasteiger partial charge in [0.25, 0.3) is 0 Å². The van der Waals surface area contributed by atoms with Crippen molar-refractivity contribution < 1.29 is 10.0 Å². The highest BCUT2D eigenvalue weighted by Crippen LogP contribution is 2.32. The molecule has 1 aliphatic rings. The molecule has 0 radical (unpaired) electrons. The summed E-state index contributed by atoms with van der Waals surface area (Å²) in [5.41, 5.74) is -0.893. The minimum atomic E-state index is -0.830. The highest BCUT2D eigenvalue weighted by molar-refractivity contribution is 5.62. The Kier molecular flexibility index (Phi) is 2.44. The number of anilines is 1. The minimum Gasteiger partial charge on any atom is -0.386 e. The normalized spacial score (nSPS) is 17.1. The van der Waals surface area contributed by atoms with Crippen LogP contribution in [-0.2, 0) is 0 Å². The predicted octanol–water partition coefficient (Wildman–Crippen LogP) is 0.432. The van der Waals surface area contributed by atoms with Crippen molar-refractivity contribution >= 4 is 11.5 Å². The molecule has 1 saturated heterocycles. The van der Waals surface area contributed by atoms with Gasteiger partial charge in [0.2, 0.25) is 5.82 Å². The Balaban J connectivity index is 2.35. The zero-order chi connectivity index (χ0) is 12.6. The lowest BCUT2D eigenvalue weighted by atomic mass is 9.97. The predicted molar refractivity (Wildman–Crippen MR) is 58.4 cm³/mol. The van der Waals surface area contributed by atoms with Crippen LogP contribution in [0.2, 0.25) is 0 Å². The molecule has 1 fully saturated rings. The van der Waals surface area contributed by atoms with Gasteiger partial charge in [0.05, 0.1) is 16.1 Å². The van der Waals surface area contributed by atoms with Crippen LogP contribution in [0, 0.1) is 21.4 Å². The molecule has 1 aliphatic heterocycles. The number of aliphatic hydroxyl groups is 1. The Hall–Kier alpha value is -2.20. The van der Waals surface area contributed by atoms with Crippen LogP contribution in [0.3, 0.4) is 0 Å². The van der Waals surface area contributed by atoms with Gasteiger partial charge in [0.1, 0.15) is 6.07 Å². The van der Waals surface area contributed by atoms with E-state index in [9.17, 15) is 15.2 Å². The molecule has 1 aromatic rings. The van der Waals surface area contributed by atoms with Crippen molar-refractivity contribution in [3.63, 3.8) is 0 Å². The van der Waals surface area contributed by atoms with Gasteiger partial charge in [-0.25, -0.2) is 4.98 Å². The third-order valence-electron chi connectivity index (χ3n) is 2.54. The van der Waals surface area contributed by atoms with Crippen LogP contribution in [0.1, 0.15) is 12.5 Å². The Morgan fingerprint density at radius 1 is 1.71 bits per heavy atom. The number of hydrogen-bond donors (Lipinski definition) is 1. The van der Waals surface area contributed by atoms with E-state index >= 15 is 0 Å². The number of rotatable bonds is 2. The minimum absolute atomic E-state index is 0.146. The first kappa shape index (κ1) is 11.3. The van der Waals surface area contributed by atoms with Crippen molar-refractivity contribution in [3.8, 4) is 6.07 Å². The first-order valence-corrected chi connectivity index (χ1v) is 4.95. The fourth-order valence-corrected chi connectivity index (χ4v) is 1.81. The molecular weight excluding hydrogens is 224 g/mol. The van der Waals surface area contributed by atoms with Gasteiger partial charge >= 0.3 is 5.69 Å². The first-order valence-electron chi connectivity index (χ1n) is 4.95. The summed E-state index contributed by atoms with van der Waals surface area (Å²) in [5, 5.41) is 29.1. The van der Waals surface area contributed by atoms with Crippen molar-refractivity contribution in [1.29, 1.82) is 5.26 Å².